The van der Waals surface area contributed by atoms with E-state index in [0.29, 0.717) is 23.7 Å². The zero-order chi connectivity index (χ0) is 25.1. The first kappa shape index (κ1) is 26.9. The van der Waals surface area contributed by atoms with Gasteiger partial charge in [0.25, 0.3) is 5.91 Å². The first-order valence-corrected chi connectivity index (χ1v) is 12.6. The lowest BCUT2D eigenvalue weighted by Gasteiger charge is -2.37. The molecule has 37 heavy (non-hydrogen) atoms. The molecule has 2 heterocycles. The summed E-state index contributed by atoms with van der Waals surface area (Å²) in [6, 6.07) is 25.1. The van der Waals surface area contributed by atoms with E-state index in [1.807, 2.05) is 78.9 Å². The number of nitrogens with zero attached hydrogens (tertiary/aromatic N) is 2. The molecule has 6 nitrogen and oxygen atoms in total. The molecule has 2 aliphatic heterocycles. The molecule has 3 aromatic rings. The maximum atomic E-state index is 13.9. The second-order valence-electron chi connectivity index (χ2n) is 9.50. The summed E-state index contributed by atoms with van der Waals surface area (Å²) in [5.41, 5.74) is 3.53. The fourth-order valence-electron chi connectivity index (χ4n) is 5.11. The molecule has 1 fully saturated rings. The number of hydrogen-bond donors (Lipinski definition) is 2. The summed E-state index contributed by atoms with van der Waals surface area (Å²) in [4.78, 5) is 33.9. The third kappa shape index (κ3) is 5.57. The van der Waals surface area contributed by atoms with Crippen LogP contribution < -0.4 is 15.5 Å². The summed E-state index contributed by atoms with van der Waals surface area (Å²) < 4.78 is 0. The van der Waals surface area contributed by atoms with Gasteiger partial charge in [-0.3, -0.25) is 9.59 Å². The number of likely N-dealkylation sites (N-methyl/N-ethyl adjacent to an activating group) is 1. The van der Waals surface area contributed by atoms with Gasteiger partial charge in [0.15, 0.2) is 0 Å². The van der Waals surface area contributed by atoms with E-state index in [9.17, 15) is 9.59 Å². The van der Waals surface area contributed by atoms with Crippen molar-refractivity contribution in [1.29, 1.82) is 0 Å². The van der Waals surface area contributed by atoms with Crippen molar-refractivity contribution in [2.45, 2.75) is 25.4 Å². The number of benzene rings is 3. The number of carbonyl (C=O) groups is 2. The number of halogens is 2. The van der Waals surface area contributed by atoms with Crippen LogP contribution in [0.5, 0.6) is 0 Å². The molecule has 2 atom stereocenters. The molecule has 0 aliphatic carbocycles. The second kappa shape index (κ2) is 11.5. The van der Waals surface area contributed by atoms with Crippen LogP contribution in [-0.2, 0) is 16.0 Å². The van der Waals surface area contributed by atoms with Crippen LogP contribution in [0.15, 0.2) is 83.9 Å². The van der Waals surface area contributed by atoms with Gasteiger partial charge in [-0.15, -0.1) is 12.4 Å². The lowest BCUT2D eigenvalue weighted by Crippen LogP contribution is -2.56. The van der Waals surface area contributed by atoms with Crippen molar-refractivity contribution in [1.82, 2.24) is 10.6 Å². The molecule has 2 unspecified atom stereocenters. The number of hydrogen-bond acceptors (Lipinski definition) is 4. The Labute approximate surface area is 228 Å². The molecule has 2 amide bonds. The van der Waals surface area contributed by atoms with Crippen molar-refractivity contribution in [3.05, 3.63) is 101 Å². The molecule has 2 N–H and O–H groups in total. The Balaban J connectivity index is 0.00000320. The molecule has 0 radical (unpaired) electrons. The molecule has 2 aliphatic rings. The molecule has 5 rings (SSSR count). The molecular formula is C29H30Cl2N4O2. The van der Waals surface area contributed by atoms with Crippen molar-refractivity contribution in [2.75, 3.05) is 25.0 Å². The molecular weight excluding hydrogens is 507 g/mol. The molecule has 0 saturated carbocycles. The minimum absolute atomic E-state index is 0. The number of benzodiazepines with no additional fused rings is 1. The number of carbonyl (C=O) groups excluding carboxylic acids is 2. The van der Waals surface area contributed by atoms with Gasteiger partial charge in [-0.05, 0) is 49.6 Å². The molecule has 0 bridgehead atoms. The van der Waals surface area contributed by atoms with E-state index in [-0.39, 0.29) is 24.2 Å². The molecule has 0 spiro atoms. The minimum atomic E-state index is -1.03. The van der Waals surface area contributed by atoms with Crippen LogP contribution in [-0.4, -0.2) is 43.8 Å². The highest BCUT2D eigenvalue weighted by atomic mass is 35.5. The summed E-state index contributed by atoms with van der Waals surface area (Å²) in [5, 5.41) is 7.08. The van der Waals surface area contributed by atoms with Gasteiger partial charge in [0, 0.05) is 29.7 Å². The molecule has 192 valence electrons. The van der Waals surface area contributed by atoms with E-state index < -0.39 is 11.6 Å². The monoisotopic (exact) mass is 536 g/mol. The van der Waals surface area contributed by atoms with Crippen LogP contribution in [0.2, 0.25) is 5.02 Å². The summed E-state index contributed by atoms with van der Waals surface area (Å²) in [5.74, 6) is -0.439. The Bertz CT molecular complexity index is 1290. The van der Waals surface area contributed by atoms with Crippen LogP contribution in [0.3, 0.4) is 0 Å². The van der Waals surface area contributed by atoms with E-state index in [1.54, 1.807) is 11.9 Å². The van der Waals surface area contributed by atoms with Gasteiger partial charge in [-0.1, -0.05) is 72.3 Å². The number of para-hydroxylation sites is 1. The van der Waals surface area contributed by atoms with Crippen molar-refractivity contribution in [2.24, 2.45) is 10.4 Å². The zero-order valence-electron chi connectivity index (χ0n) is 20.6. The quantitative estimate of drug-likeness (QED) is 0.499. The van der Waals surface area contributed by atoms with Gasteiger partial charge >= 0.3 is 0 Å². The number of piperidine rings is 1. The normalized spacial score (nSPS) is 21.2. The first-order valence-electron chi connectivity index (χ1n) is 12.2. The van der Waals surface area contributed by atoms with Crippen LogP contribution in [0, 0.1) is 5.41 Å². The van der Waals surface area contributed by atoms with E-state index in [4.69, 9.17) is 16.6 Å². The van der Waals surface area contributed by atoms with Crippen LogP contribution in [0.25, 0.3) is 0 Å². The summed E-state index contributed by atoms with van der Waals surface area (Å²) >= 11 is 6.08. The highest BCUT2D eigenvalue weighted by molar-refractivity contribution is 6.30. The highest BCUT2D eigenvalue weighted by Gasteiger charge is 2.42. The minimum Gasteiger partial charge on any atom is -0.326 e. The van der Waals surface area contributed by atoms with Gasteiger partial charge in [0.05, 0.1) is 16.8 Å². The van der Waals surface area contributed by atoms with Crippen molar-refractivity contribution >= 4 is 47.2 Å². The Morgan fingerprint density at radius 2 is 1.78 bits per heavy atom. The first-order chi connectivity index (χ1) is 17.5. The van der Waals surface area contributed by atoms with Crippen molar-refractivity contribution in [3.63, 3.8) is 0 Å². The third-order valence-corrected chi connectivity index (χ3v) is 7.32. The number of amides is 2. The maximum absolute atomic E-state index is 13.9. The maximum Gasteiger partial charge on any atom is 0.272 e. The smallest absolute Gasteiger partial charge is 0.272 e. The number of rotatable bonds is 5. The summed E-state index contributed by atoms with van der Waals surface area (Å²) in [7, 11) is 1.73. The molecule has 8 heteroatoms. The summed E-state index contributed by atoms with van der Waals surface area (Å²) in [6.07, 6.45) is 1.12. The van der Waals surface area contributed by atoms with Crippen molar-refractivity contribution in [3.8, 4) is 0 Å². The number of nitrogens with one attached hydrogen (secondary N) is 2. The number of fused-ring (bicyclic) bond motifs is 1. The Morgan fingerprint density at radius 1 is 1.08 bits per heavy atom. The molecule has 1 saturated heterocycles. The number of anilines is 1. The Hall–Kier alpha value is -3.19. The highest BCUT2D eigenvalue weighted by Crippen LogP contribution is 2.33. The lowest BCUT2D eigenvalue weighted by molar-refractivity contribution is -0.135. The Kier molecular flexibility index (Phi) is 8.32. The predicted molar refractivity (Wildman–Crippen MR) is 151 cm³/mol. The average Bonchev–Trinajstić information content (AvgIpc) is 3.02. The topological polar surface area (TPSA) is 73.8 Å². The van der Waals surface area contributed by atoms with Crippen molar-refractivity contribution < 1.29 is 9.59 Å². The fraction of sp³-hybridized carbons (Fsp3) is 0.276. The van der Waals surface area contributed by atoms with Gasteiger partial charge in [-0.2, -0.15) is 0 Å². The van der Waals surface area contributed by atoms with E-state index in [2.05, 4.69) is 10.6 Å². The largest absolute Gasteiger partial charge is 0.326 e. The third-order valence-electron chi connectivity index (χ3n) is 7.07. The predicted octanol–water partition coefficient (Wildman–Crippen LogP) is 4.63. The zero-order valence-corrected chi connectivity index (χ0v) is 22.2. The van der Waals surface area contributed by atoms with Crippen LogP contribution in [0.1, 0.15) is 29.5 Å². The second-order valence-corrected chi connectivity index (χ2v) is 9.93. The SMILES string of the molecule is CN1C(=O)C(NC(=O)C2(Cc3ccc(Cl)cc3)CCCNC2)N=C(c2ccccc2)c2ccccc21.Cl. The van der Waals surface area contributed by atoms with E-state index in [1.165, 1.54) is 0 Å². The fourth-order valence-corrected chi connectivity index (χ4v) is 5.23. The molecule has 0 aromatic heterocycles. The standard InChI is InChI=1S/C29H29ClN4O2.ClH/c1-34-24-11-6-5-10-23(24)25(21-8-3-2-4-9-21)32-26(27(34)35)33-28(36)29(16-7-17-31-19-29)18-20-12-14-22(30)15-13-20;/h2-6,8-15,26,31H,7,16-19H2,1H3,(H,33,36);1H. The number of aliphatic imine (C=N–C) groups is 1. The van der Waals surface area contributed by atoms with Crippen LogP contribution >= 0.6 is 24.0 Å². The van der Waals surface area contributed by atoms with Gasteiger partial charge < -0.3 is 15.5 Å². The summed E-state index contributed by atoms with van der Waals surface area (Å²) in [6.45, 7) is 1.40. The van der Waals surface area contributed by atoms with Crippen LogP contribution in [0.4, 0.5) is 5.69 Å². The lowest BCUT2D eigenvalue weighted by atomic mass is 9.75. The van der Waals surface area contributed by atoms with E-state index >= 15 is 0 Å². The average molecular weight is 537 g/mol. The molecule has 3 aromatic carbocycles. The Morgan fingerprint density at radius 3 is 2.49 bits per heavy atom. The van der Waals surface area contributed by atoms with Gasteiger partial charge in [-0.25, -0.2) is 4.99 Å². The van der Waals surface area contributed by atoms with Gasteiger partial charge in [0.2, 0.25) is 12.1 Å². The van der Waals surface area contributed by atoms with E-state index in [0.717, 1.165) is 41.8 Å². The van der Waals surface area contributed by atoms with Gasteiger partial charge in [0.1, 0.15) is 0 Å².